The number of carbonyl (C=O) groups excluding carboxylic acids is 1. The number of benzene rings is 2. The third kappa shape index (κ3) is 3.35. The highest BCUT2D eigenvalue weighted by Crippen LogP contribution is 2.32. The minimum absolute atomic E-state index is 0.0358. The van der Waals surface area contributed by atoms with Crippen molar-refractivity contribution >= 4 is 15.6 Å². The Morgan fingerprint density at radius 1 is 1.04 bits per heavy atom. The Balaban J connectivity index is 1.81. The molecule has 0 N–H and O–H groups in total. The summed E-state index contributed by atoms with van der Waals surface area (Å²) in [5.74, 6) is 0.383. The van der Waals surface area contributed by atoms with E-state index in [1.807, 2.05) is 0 Å². The first-order valence-corrected chi connectivity index (χ1v) is 8.94. The molecular formula is C17H16O6S. The molecule has 0 spiro atoms. The summed E-state index contributed by atoms with van der Waals surface area (Å²) in [5.41, 5.74) is 0.317. The van der Waals surface area contributed by atoms with Gasteiger partial charge in [-0.05, 0) is 36.4 Å². The van der Waals surface area contributed by atoms with Gasteiger partial charge in [0.1, 0.15) is 24.7 Å². The van der Waals surface area contributed by atoms with Crippen molar-refractivity contribution < 1.29 is 27.4 Å². The van der Waals surface area contributed by atoms with E-state index < -0.39 is 21.4 Å². The van der Waals surface area contributed by atoms with Crippen molar-refractivity contribution in [3.8, 4) is 17.2 Å². The maximum Gasteiger partial charge on any atom is 0.185 e. The molecule has 0 aliphatic carbocycles. The Labute approximate surface area is 139 Å². The van der Waals surface area contributed by atoms with Crippen LogP contribution in [0, 0.1) is 0 Å². The molecule has 7 heteroatoms. The van der Waals surface area contributed by atoms with Gasteiger partial charge in [-0.25, -0.2) is 8.42 Å². The Bertz CT molecular complexity index is 855. The first-order valence-electron chi connectivity index (χ1n) is 7.29. The van der Waals surface area contributed by atoms with Gasteiger partial charge in [-0.3, -0.25) is 4.79 Å². The second kappa shape index (κ2) is 6.52. The molecule has 6 nitrogen and oxygen atoms in total. The molecule has 1 heterocycles. The predicted octanol–water partition coefficient (Wildman–Crippen LogP) is 2.12. The van der Waals surface area contributed by atoms with Crippen LogP contribution in [0.25, 0.3) is 0 Å². The van der Waals surface area contributed by atoms with Gasteiger partial charge in [-0.2, -0.15) is 0 Å². The third-order valence-corrected chi connectivity index (χ3v) is 5.22. The number of hydrogen-bond donors (Lipinski definition) is 0. The number of ether oxygens (including phenoxy) is 3. The number of Topliss-reactive ketones (excluding diaryl/α,β-unsaturated/α-hetero) is 1. The largest absolute Gasteiger partial charge is 0.497 e. The van der Waals surface area contributed by atoms with E-state index in [0.717, 1.165) is 0 Å². The van der Waals surface area contributed by atoms with Gasteiger partial charge in [0.2, 0.25) is 0 Å². The van der Waals surface area contributed by atoms with Crippen LogP contribution in [0.3, 0.4) is 0 Å². The van der Waals surface area contributed by atoms with E-state index in [1.165, 1.54) is 19.2 Å². The van der Waals surface area contributed by atoms with E-state index in [1.54, 1.807) is 30.3 Å². The van der Waals surface area contributed by atoms with Gasteiger partial charge in [0.25, 0.3) is 0 Å². The summed E-state index contributed by atoms with van der Waals surface area (Å²) in [4.78, 5) is 12.3. The summed E-state index contributed by atoms with van der Waals surface area (Å²) in [6.45, 7) is 0.788. The van der Waals surface area contributed by atoms with Gasteiger partial charge in [-0.1, -0.05) is 0 Å². The van der Waals surface area contributed by atoms with E-state index in [2.05, 4.69) is 0 Å². The number of fused-ring (bicyclic) bond motifs is 1. The number of rotatable bonds is 5. The topological polar surface area (TPSA) is 78.9 Å². The average Bonchev–Trinajstić information content (AvgIpc) is 2.61. The molecule has 0 amide bonds. The summed E-state index contributed by atoms with van der Waals surface area (Å²) in [7, 11) is -2.26. The Morgan fingerprint density at radius 3 is 2.38 bits per heavy atom. The zero-order valence-electron chi connectivity index (χ0n) is 13.0. The zero-order chi connectivity index (χ0) is 17.2. The highest BCUT2D eigenvalue weighted by Gasteiger charge is 2.23. The van der Waals surface area contributed by atoms with E-state index in [4.69, 9.17) is 14.2 Å². The molecule has 0 fully saturated rings. The lowest BCUT2D eigenvalue weighted by molar-refractivity contribution is 0.102. The van der Waals surface area contributed by atoms with Gasteiger partial charge < -0.3 is 14.2 Å². The van der Waals surface area contributed by atoms with Crippen LogP contribution >= 0.6 is 0 Å². The summed E-state index contributed by atoms with van der Waals surface area (Å²) in [6.07, 6.45) is 0. The molecule has 3 rings (SSSR count). The molecule has 0 saturated carbocycles. The molecule has 1 aliphatic heterocycles. The number of sulfone groups is 1. The minimum atomic E-state index is -3.77. The van der Waals surface area contributed by atoms with Crippen molar-refractivity contribution in [3.63, 3.8) is 0 Å². The van der Waals surface area contributed by atoms with Crippen LogP contribution < -0.4 is 14.2 Å². The number of methoxy groups -OCH3 is 1. The molecule has 24 heavy (non-hydrogen) atoms. The van der Waals surface area contributed by atoms with E-state index in [9.17, 15) is 13.2 Å². The van der Waals surface area contributed by atoms with Crippen molar-refractivity contribution in [1.29, 1.82) is 0 Å². The number of hydrogen-bond acceptors (Lipinski definition) is 6. The third-order valence-electron chi connectivity index (χ3n) is 3.61. The molecule has 0 bridgehead atoms. The van der Waals surface area contributed by atoms with Gasteiger partial charge in [-0.15, -0.1) is 0 Å². The number of ketones is 1. The molecule has 0 unspecified atom stereocenters. The fourth-order valence-corrected chi connectivity index (χ4v) is 3.57. The first-order chi connectivity index (χ1) is 11.5. The van der Waals surface area contributed by atoms with Crippen molar-refractivity contribution in [3.05, 3.63) is 48.0 Å². The average molecular weight is 348 g/mol. The Hall–Kier alpha value is -2.54. The monoisotopic (exact) mass is 348 g/mol. The second-order valence-corrected chi connectivity index (χ2v) is 7.21. The van der Waals surface area contributed by atoms with Gasteiger partial charge in [0, 0.05) is 11.6 Å². The highest BCUT2D eigenvalue weighted by atomic mass is 32.2. The minimum Gasteiger partial charge on any atom is -0.497 e. The molecular weight excluding hydrogens is 332 g/mol. The standard InChI is InChI=1S/C17H16O6S/c1-21-13-4-2-12(3-5-13)15(18)11-24(19,20)14-6-7-16-17(10-14)23-9-8-22-16/h2-7,10H,8-9,11H2,1H3. The lowest BCUT2D eigenvalue weighted by Crippen LogP contribution is -2.18. The van der Waals surface area contributed by atoms with Crippen molar-refractivity contribution in [2.75, 3.05) is 26.1 Å². The lowest BCUT2D eigenvalue weighted by Gasteiger charge is -2.18. The molecule has 0 atom stereocenters. The fourth-order valence-electron chi connectivity index (χ4n) is 2.33. The van der Waals surface area contributed by atoms with Crippen molar-refractivity contribution in [1.82, 2.24) is 0 Å². The SMILES string of the molecule is COc1ccc(C(=O)CS(=O)(=O)c2ccc3c(c2)OCCO3)cc1. The summed E-state index contributed by atoms with van der Waals surface area (Å²) >= 11 is 0. The molecule has 2 aromatic carbocycles. The van der Waals surface area contributed by atoms with Crippen molar-refractivity contribution in [2.45, 2.75) is 4.90 Å². The summed E-state index contributed by atoms with van der Waals surface area (Å²) in [6, 6.07) is 10.7. The quantitative estimate of drug-likeness (QED) is 0.770. The van der Waals surface area contributed by atoms with Gasteiger partial charge >= 0.3 is 0 Å². The van der Waals surface area contributed by atoms with E-state index >= 15 is 0 Å². The summed E-state index contributed by atoms with van der Waals surface area (Å²) in [5, 5.41) is 0. The predicted molar refractivity (Wildman–Crippen MR) is 86.8 cm³/mol. The normalized spacial score (nSPS) is 13.4. The van der Waals surface area contributed by atoms with Crippen LogP contribution in [0.5, 0.6) is 17.2 Å². The first kappa shape index (κ1) is 16.3. The van der Waals surface area contributed by atoms with Crippen LogP contribution in [-0.4, -0.2) is 40.3 Å². The maximum absolute atomic E-state index is 12.5. The van der Waals surface area contributed by atoms with E-state index in [-0.39, 0.29) is 4.90 Å². The van der Waals surface area contributed by atoms with Crippen LogP contribution in [0.15, 0.2) is 47.4 Å². The molecule has 0 saturated heterocycles. The van der Waals surface area contributed by atoms with Gasteiger partial charge in [0.05, 0.1) is 12.0 Å². The highest BCUT2D eigenvalue weighted by molar-refractivity contribution is 7.92. The molecule has 1 aliphatic rings. The van der Waals surface area contributed by atoms with Crippen molar-refractivity contribution in [2.24, 2.45) is 0 Å². The number of carbonyl (C=O) groups is 1. The molecule has 2 aromatic rings. The lowest BCUT2D eigenvalue weighted by atomic mass is 10.1. The molecule has 0 radical (unpaired) electrons. The second-order valence-electron chi connectivity index (χ2n) is 5.22. The smallest absolute Gasteiger partial charge is 0.185 e. The molecule has 126 valence electrons. The van der Waals surface area contributed by atoms with E-state index in [0.29, 0.717) is 36.0 Å². The van der Waals surface area contributed by atoms with Crippen LogP contribution in [0.1, 0.15) is 10.4 Å². The van der Waals surface area contributed by atoms with Gasteiger partial charge in [0.15, 0.2) is 27.1 Å². The summed E-state index contributed by atoms with van der Waals surface area (Å²) < 4.78 is 40.7. The Kier molecular flexibility index (Phi) is 4.44. The maximum atomic E-state index is 12.5. The van der Waals surface area contributed by atoms with Crippen LogP contribution in [0.4, 0.5) is 0 Å². The van der Waals surface area contributed by atoms with Crippen LogP contribution in [0.2, 0.25) is 0 Å². The zero-order valence-corrected chi connectivity index (χ0v) is 13.8. The fraction of sp³-hybridized carbons (Fsp3) is 0.235. The molecule has 0 aromatic heterocycles. The Morgan fingerprint density at radius 2 is 1.71 bits per heavy atom. The van der Waals surface area contributed by atoms with Crippen LogP contribution in [-0.2, 0) is 9.84 Å².